The number of halogens is 5. The average Bonchev–Trinajstić information content (AvgIpc) is 2.80. The Bertz CT molecular complexity index is 598. The third-order valence-corrected chi connectivity index (χ3v) is 4.07. The lowest BCUT2D eigenvalue weighted by atomic mass is 10.1. The van der Waals surface area contributed by atoms with E-state index in [9.17, 15) is 13.2 Å². The molecule has 0 amide bonds. The van der Waals surface area contributed by atoms with Crippen LogP contribution in [0.4, 0.5) is 13.2 Å². The molecular weight excluding hydrogens is 320 g/mol. The molecule has 0 aliphatic rings. The number of rotatable bonds is 2. The lowest BCUT2D eigenvalue weighted by Crippen LogP contribution is -2.10. The molecule has 2 nitrogen and oxygen atoms in total. The van der Waals surface area contributed by atoms with Crippen molar-refractivity contribution in [3.8, 4) is 0 Å². The fraction of sp³-hybridized carbons (Fsp3) is 0.182. The molecule has 0 radical (unpaired) electrons. The van der Waals surface area contributed by atoms with Crippen LogP contribution in [0.3, 0.4) is 0 Å². The zero-order chi connectivity index (χ0) is 14.2. The Balaban J connectivity index is 2.36. The molecule has 0 saturated carbocycles. The maximum atomic E-state index is 12.5. The first-order valence-corrected chi connectivity index (χ1v) is 6.59. The Labute approximate surface area is 121 Å². The van der Waals surface area contributed by atoms with E-state index < -0.39 is 17.2 Å². The van der Waals surface area contributed by atoms with Crippen LogP contribution in [0.2, 0.25) is 10.0 Å². The smallest absolute Gasteiger partial charge is 0.320 e. The van der Waals surface area contributed by atoms with Crippen molar-refractivity contribution >= 4 is 34.5 Å². The maximum absolute atomic E-state index is 12.5. The number of benzene rings is 1. The summed E-state index contributed by atoms with van der Waals surface area (Å²) in [5.41, 5.74) is 6.37. The molecule has 19 heavy (non-hydrogen) atoms. The molecule has 1 aromatic carbocycles. The summed E-state index contributed by atoms with van der Waals surface area (Å²) in [4.78, 5) is 3.60. The molecule has 102 valence electrons. The van der Waals surface area contributed by atoms with Crippen molar-refractivity contribution in [2.75, 3.05) is 0 Å². The van der Waals surface area contributed by atoms with Crippen LogP contribution in [0.1, 0.15) is 21.5 Å². The lowest BCUT2D eigenvalue weighted by molar-refractivity contribution is -0.137. The first kappa shape index (κ1) is 14.6. The minimum absolute atomic E-state index is 0.275. The molecule has 1 heterocycles. The van der Waals surface area contributed by atoms with E-state index >= 15 is 0 Å². The van der Waals surface area contributed by atoms with E-state index in [1.165, 1.54) is 6.07 Å². The first-order chi connectivity index (χ1) is 8.79. The molecule has 2 N–H and O–H groups in total. The van der Waals surface area contributed by atoms with Crippen LogP contribution >= 0.6 is 34.5 Å². The van der Waals surface area contributed by atoms with Crippen molar-refractivity contribution in [1.82, 2.24) is 4.98 Å². The first-order valence-electron chi connectivity index (χ1n) is 5.02. The van der Waals surface area contributed by atoms with Gasteiger partial charge in [-0.3, -0.25) is 0 Å². The monoisotopic (exact) mass is 326 g/mol. The van der Waals surface area contributed by atoms with Gasteiger partial charge in [-0.15, -0.1) is 11.3 Å². The van der Waals surface area contributed by atoms with E-state index in [-0.39, 0.29) is 4.88 Å². The number of thiazole rings is 1. The van der Waals surface area contributed by atoms with Gasteiger partial charge < -0.3 is 5.73 Å². The summed E-state index contributed by atoms with van der Waals surface area (Å²) in [6.45, 7) is 0. The van der Waals surface area contributed by atoms with Gasteiger partial charge >= 0.3 is 6.18 Å². The van der Waals surface area contributed by atoms with Gasteiger partial charge in [-0.05, 0) is 23.8 Å². The molecule has 0 spiro atoms. The second-order valence-electron chi connectivity index (χ2n) is 3.71. The largest absolute Gasteiger partial charge is 0.443 e. The summed E-state index contributed by atoms with van der Waals surface area (Å²) in [6, 6.07) is 3.86. The molecule has 0 aliphatic heterocycles. The van der Waals surface area contributed by atoms with Crippen LogP contribution in [0.25, 0.3) is 0 Å². The van der Waals surface area contributed by atoms with Gasteiger partial charge in [-0.25, -0.2) is 4.98 Å². The molecule has 1 atom stereocenters. The maximum Gasteiger partial charge on any atom is 0.443 e. The predicted molar refractivity (Wildman–Crippen MR) is 69.6 cm³/mol. The highest BCUT2D eigenvalue weighted by Gasteiger charge is 2.35. The predicted octanol–water partition coefficient (Wildman–Crippen LogP) is 4.52. The summed E-state index contributed by atoms with van der Waals surface area (Å²) in [6.07, 6.45) is -3.36. The highest BCUT2D eigenvalue weighted by atomic mass is 35.5. The number of hydrogen-bond acceptors (Lipinski definition) is 3. The SMILES string of the molecule is NC(c1cnc(C(F)(F)F)s1)c1cc(Cl)ccc1Cl. The summed E-state index contributed by atoms with van der Waals surface area (Å²) in [7, 11) is 0. The third kappa shape index (κ3) is 3.20. The van der Waals surface area contributed by atoms with Gasteiger partial charge in [0.15, 0.2) is 5.01 Å². The zero-order valence-electron chi connectivity index (χ0n) is 9.21. The minimum atomic E-state index is -4.47. The van der Waals surface area contributed by atoms with E-state index in [0.29, 0.717) is 26.9 Å². The van der Waals surface area contributed by atoms with Crippen LogP contribution in [0.15, 0.2) is 24.4 Å². The average molecular weight is 327 g/mol. The van der Waals surface area contributed by atoms with Gasteiger partial charge in [-0.2, -0.15) is 13.2 Å². The second-order valence-corrected chi connectivity index (χ2v) is 5.61. The van der Waals surface area contributed by atoms with Gasteiger partial charge in [0.2, 0.25) is 0 Å². The van der Waals surface area contributed by atoms with Gasteiger partial charge in [0, 0.05) is 21.1 Å². The molecule has 1 aromatic heterocycles. The Morgan fingerprint density at radius 2 is 1.95 bits per heavy atom. The van der Waals surface area contributed by atoms with E-state index in [2.05, 4.69) is 4.98 Å². The second kappa shape index (κ2) is 5.28. The number of nitrogens with two attached hydrogens (primary N) is 1. The van der Waals surface area contributed by atoms with E-state index in [0.717, 1.165) is 6.20 Å². The number of aromatic nitrogens is 1. The molecule has 0 aliphatic carbocycles. The van der Waals surface area contributed by atoms with E-state index in [1.54, 1.807) is 12.1 Å². The summed E-state index contributed by atoms with van der Waals surface area (Å²) < 4.78 is 37.4. The molecule has 0 bridgehead atoms. The molecule has 8 heteroatoms. The fourth-order valence-electron chi connectivity index (χ4n) is 1.47. The Morgan fingerprint density at radius 1 is 1.26 bits per heavy atom. The summed E-state index contributed by atoms with van der Waals surface area (Å²) in [5, 5.41) is -0.176. The third-order valence-electron chi connectivity index (χ3n) is 2.37. The zero-order valence-corrected chi connectivity index (χ0v) is 11.5. The highest BCUT2D eigenvalue weighted by Crippen LogP contribution is 2.37. The van der Waals surface area contributed by atoms with Crippen LogP contribution in [-0.4, -0.2) is 4.98 Å². The van der Waals surface area contributed by atoms with Crippen molar-refractivity contribution in [2.24, 2.45) is 5.73 Å². The standard InChI is InChI=1S/C11H7Cl2F3N2S/c12-5-1-2-7(13)6(3-5)9(17)8-4-18-10(19-8)11(14,15)16/h1-4,9H,17H2. The Morgan fingerprint density at radius 3 is 2.53 bits per heavy atom. The summed E-state index contributed by atoms with van der Waals surface area (Å²) in [5.74, 6) is 0. The van der Waals surface area contributed by atoms with E-state index in [4.69, 9.17) is 28.9 Å². The molecule has 2 rings (SSSR count). The Kier molecular flexibility index (Phi) is 4.06. The van der Waals surface area contributed by atoms with Crippen LogP contribution in [0, 0.1) is 0 Å². The van der Waals surface area contributed by atoms with Crippen LogP contribution < -0.4 is 5.73 Å². The van der Waals surface area contributed by atoms with Gasteiger partial charge in [0.25, 0.3) is 0 Å². The van der Waals surface area contributed by atoms with Crippen LogP contribution in [-0.2, 0) is 6.18 Å². The fourth-order valence-corrected chi connectivity index (χ4v) is 2.69. The highest BCUT2D eigenvalue weighted by molar-refractivity contribution is 7.11. The minimum Gasteiger partial charge on any atom is -0.320 e. The number of nitrogens with zero attached hydrogens (tertiary/aromatic N) is 1. The van der Waals surface area contributed by atoms with Crippen molar-refractivity contribution in [3.05, 3.63) is 49.9 Å². The topological polar surface area (TPSA) is 38.9 Å². The number of hydrogen-bond donors (Lipinski definition) is 1. The van der Waals surface area contributed by atoms with Crippen molar-refractivity contribution in [3.63, 3.8) is 0 Å². The molecule has 0 saturated heterocycles. The number of alkyl halides is 3. The molecule has 1 unspecified atom stereocenters. The molecule has 2 aromatic rings. The van der Waals surface area contributed by atoms with Crippen molar-refractivity contribution in [1.29, 1.82) is 0 Å². The van der Waals surface area contributed by atoms with Crippen molar-refractivity contribution < 1.29 is 13.2 Å². The summed E-state index contributed by atoms with van der Waals surface area (Å²) >= 11 is 12.3. The van der Waals surface area contributed by atoms with E-state index in [1.807, 2.05) is 0 Å². The van der Waals surface area contributed by atoms with Crippen molar-refractivity contribution in [2.45, 2.75) is 12.2 Å². The Hall–Kier alpha value is -0.820. The molecular formula is C11H7Cl2F3N2S. The normalized spacial score (nSPS) is 13.6. The van der Waals surface area contributed by atoms with Crippen LogP contribution in [0.5, 0.6) is 0 Å². The van der Waals surface area contributed by atoms with Gasteiger partial charge in [0.1, 0.15) is 0 Å². The van der Waals surface area contributed by atoms with Gasteiger partial charge in [-0.1, -0.05) is 23.2 Å². The quantitative estimate of drug-likeness (QED) is 0.881. The molecule has 0 fully saturated rings. The van der Waals surface area contributed by atoms with Gasteiger partial charge in [0.05, 0.1) is 6.04 Å². The lowest BCUT2D eigenvalue weighted by Gasteiger charge is -2.11.